The van der Waals surface area contributed by atoms with E-state index in [1.165, 1.54) is 0 Å². The third-order valence-corrected chi connectivity index (χ3v) is 6.76. The third-order valence-electron chi connectivity index (χ3n) is 6.21. The average Bonchev–Trinajstić information content (AvgIpc) is 3.48. The van der Waals surface area contributed by atoms with Crippen LogP contribution in [0.2, 0.25) is 10.0 Å². The van der Waals surface area contributed by atoms with Crippen molar-refractivity contribution in [1.29, 1.82) is 0 Å². The maximum absolute atomic E-state index is 13.5. The Morgan fingerprint density at radius 2 is 1.91 bits per heavy atom. The predicted molar refractivity (Wildman–Crippen MR) is 133 cm³/mol. The molecule has 0 aliphatic heterocycles. The Morgan fingerprint density at radius 1 is 1.15 bits per heavy atom. The maximum atomic E-state index is 13.5. The first-order valence-electron chi connectivity index (χ1n) is 11.0. The van der Waals surface area contributed by atoms with Crippen molar-refractivity contribution in [3.05, 3.63) is 69.8 Å². The number of aromatic amines is 1. The van der Waals surface area contributed by atoms with Crippen LogP contribution < -0.4 is 10.6 Å². The number of halogens is 2. The molecule has 1 aromatic heterocycles. The van der Waals surface area contributed by atoms with Crippen LogP contribution in [0.3, 0.4) is 0 Å². The SMILES string of the molecule is CN(C)CCNC(=O)[C@H](Cc1c[nH]c2ccccc12)NC(=O)C1(c2ccc(Cl)cc2Cl)CC1. The molecule has 0 bridgehead atoms. The zero-order valence-corrected chi connectivity index (χ0v) is 20.3. The number of hydrogen-bond donors (Lipinski definition) is 3. The summed E-state index contributed by atoms with van der Waals surface area (Å²) in [5.74, 6) is -0.382. The molecular weight excluding hydrogens is 459 g/mol. The Morgan fingerprint density at radius 3 is 2.61 bits per heavy atom. The molecule has 0 spiro atoms. The molecule has 0 unspecified atom stereocenters. The molecule has 33 heavy (non-hydrogen) atoms. The molecule has 3 N–H and O–H groups in total. The van der Waals surface area contributed by atoms with Gasteiger partial charge in [-0.1, -0.05) is 47.5 Å². The van der Waals surface area contributed by atoms with E-state index in [0.29, 0.717) is 42.4 Å². The summed E-state index contributed by atoms with van der Waals surface area (Å²) >= 11 is 12.5. The summed E-state index contributed by atoms with van der Waals surface area (Å²) in [6, 6.07) is 12.4. The zero-order valence-electron chi connectivity index (χ0n) is 18.8. The molecule has 1 saturated carbocycles. The number of para-hydroxylation sites is 1. The lowest BCUT2D eigenvalue weighted by molar-refractivity contribution is -0.130. The summed E-state index contributed by atoms with van der Waals surface area (Å²) in [5.41, 5.74) is 2.01. The fourth-order valence-electron chi connectivity index (χ4n) is 4.17. The largest absolute Gasteiger partial charge is 0.361 e. The van der Waals surface area contributed by atoms with Crippen molar-refractivity contribution in [2.24, 2.45) is 0 Å². The number of aromatic nitrogens is 1. The lowest BCUT2D eigenvalue weighted by atomic mass is 9.94. The van der Waals surface area contributed by atoms with Crippen molar-refractivity contribution < 1.29 is 9.59 Å². The van der Waals surface area contributed by atoms with Crippen LogP contribution in [-0.4, -0.2) is 54.9 Å². The summed E-state index contributed by atoms with van der Waals surface area (Å²) in [6.45, 7) is 1.21. The highest BCUT2D eigenvalue weighted by atomic mass is 35.5. The van der Waals surface area contributed by atoms with Crippen molar-refractivity contribution in [3.63, 3.8) is 0 Å². The molecule has 1 aliphatic carbocycles. The van der Waals surface area contributed by atoms with Gasteiger partial charge in [0.1, 0.15) is 6.04 Å². The van der Waals surface area contributed by atoms with Crippen LogP contribution in [0.5, 0.6) is 0 Å². The molecule has 1 aliphatic rings. The number of nitrogens with zero attached hydrogens (tertiary/aromatic N) is 1. The summed E-state index contributed by atoms with van der Waals surface area (Å²) < 4.78 is 0. The number of hydrogen-bond acceptors (Lipinski definition) is 3. The monoisotopic (exact) mass is 486 g/mol. The summed E-state index contributed by atoms with van der Waals surface area (Å²) in [7, 11) is 3.90. The molecule has 6 nitrogen and oxygen atoms in total. The van der Waals surface area contributed by atoms with Crippen LogP contribution in [0.15, 0.2) is 48.7 Å². The normalized spacial score (nSPS) is 15.4. The van der Waals surface area contributed by atoms with E-state index in [0.717, 1.165) is 22.0 Å². The van der Waals surface area contributed by atoms with E-state index in [-0.39, 0.29) is 11.8 Å². The lowest BCUT2D eigenvalue weighted by Gasteiger charge is -2.23. The first-order chi connectivity index (χ1) is 15.8. The van der Waals surface area contributed by atoms with Gasteiger partial charge in [0.15, 0.2) is 0 Å². The third kappa shape index (κ3) is 5.18. The van der Waals surface area contributed by atoms with Gasteiger partial charge in [-0.15, -0.1) is 0 Å². The first-order valence-corrected chi connectivity index (χ1v) is 11.8. The number of rotatable bonds is 9. The Kier molecular flexibility index (Phi) is 6.98. The molecule has 1 fully saturated rings. The smallest absolute Gasteiger partial charge is 0.242 e. The minimum absolute atomic E-state index is 0.181. The van der Waals surface area contributed by atoms with E-state index >= 15 is 0 Å². The highest BCUT2D eigenvalue weighted by Gasteiger charge is 2.53. The van der Waals surface area contributed by atoms with Crippen LogP contribution in [0.1, 0.15) is 24.0 Å². The van der Waals surface area contributed by atoms with Crippen LogP contribution in [0.25, 0.3) is 10.9 Å². The molecule has 2 amide bonds. The van der Waals surface area contributed by atoms with E-state index in [2.05, 4.69) is 15.6 Å². The number of fused-ring (bicyclic) bond motifs is 1. The van der Waals surface area contributed by atoms with Gasteiger partial charge in [0.25, 0.3) is 0 Å². The fourth-order valence-corrected chi connectivity index (χ4v) is 4.76. The van der Waals surface area contributed by atoms with E-state index in [1.807, 2.05) is 55.5 Å². The van der Waals surface area contributed by atoms with Gasteiger partial charge in [-0.25, -0.2) is 0 Å². The van der Waals surface area contributed by atoms with Gasteiger partial charge in [-0.2, -0.15) is 0 Å². The Labute approximate surface area is 203 Å². The fraction of sp³-hybridized carbons (Fsp3) is 0.360. The number of nitrogens with one attached hydrogen (secondary N) is 3. The van der Waals surface area contributed by atoms with E-state index in [1.54, 1.807) is 12.1 Å². The van der Waals surface area contributed by atoms with Crippen molar-refractivity contribution in [2.45, 2.75) is 30.7 Å². The second kappa shape index (κ2) is 9.75. The molecule has 0 radical (unpaired) electrons. The minimum atomic E-state index is -0.718. The standard InChI is InChI=1S/C25H28Cl2N4O2/c1-31(2)12-11-28-23(32)22(13-16-15-29-21-6-4-3-5-18(16)21)30-24(33)25(9-10-25)19-8-7-17(26)14-20(19)27/h3-8,14-15,22,29H,9-13H2,1-2H3,(H,28,32)(H,30,33)/t22-/m0/s1. The Bertz CT molecular complexity index is 1170. The van der Waals surface area contributed by atoms with Crippen LogP contribution in [0.4, 0.5) is 0 Å². The number of benzene rings is 2. The number of carbonyl (C=O) groups is 2. The molecule has 2 aromatic carbocycles. The van der Waals surface area contributed by atoms with Gasteiger partial charge < -0.3 is 20.5 Å². The van der Waals surface area contributed by atoms with Crippen molar-refractivity contribution in [1.82, 2.24) is 20.5 Å². The van der Waals surface area contributed by atoms with Gasteiger partial charge in [-0.3, -0.25) is 9.59 Å². The minimum Gasteiger partial charge on any atom is -0.361 e. The number of likely N-dealkylation sites (N-methyl/N-ethyl adjacent to an activating group) is 1. The van der Waals surface area contributed by atoms with E-state index in [4.69, 9.17) is 23.2 Å². The van der Waals surface area contributed by atoms with Crippen LogP contribution in [0, 0.1) is 0 Å². The Hall–Kier alpha value is -2.54. The van der Waals surface area contributed by atoms with E-state index in [9.17, 15) is 9.59 Å². The van der Waals surface area contributed by atoms with Crippen molar-refractivity contribution >= 4 is 45.9 Å². The predicted octanol–water partition coefficient (Wildman–Crippen LogP) is 3.91. The molecule has 1 atom stereocenters. The number of amides is 2. The van der Waals surface area contributed by atoms with Gasteiger partial charge in [0.2, 0.25) is 11.8 Å². The molecule has 3 aromatic rings. The van der Waals surface area contributed by atoms with Crippen molar-refractivity contribution in [3.8, 4) is 0 Å². The highest BCUT2D eigenvalue weighted by Crippen LogP contribution is 2.51. The summed E-state index contributed by atoms with van der Waals surface area (Å²) in [5, 5.41) is 8.03. The van der Waals surface area contributed by atoms with Crippen LogP contribution in [-0.2, 0) is 21.4 Å². The van der Waals surface area contributed by atoms with Crippen molar-refractivity contribution in [2.75, 3.05) is 27.2 Å². The topological polar surface area (TPSA) is 77.2 Å². The van der Waals surface area contributed by atoms with Gasteiger partial charge in [0, 0.05) is 46.7 Å². The maximum Gasteiger partial charge on any atom is 0.242 e. The first kappa shape index (κ1) is 23.6. The molecule has 174 valence electrons. The zero-order chi connectivity index (χ0) is 23.6. The second-order valence-electron chi connectivity index (χ2n) is 8.89. The van der Waals surface area contributed by atoms with Gasteiger partial charge in [0.05, 0.1) is 5.41 Å². The lowest BCUT2D eigenvalue weighted by Crippen LogP contribution is -2.51. The van der Waals surface area contributed by atoms with Crippen LogP contribution >= 0.6 is 23.2 Å². The van der Waals surface area contributed by atoms with Gasteiger partial charge in [-0.05, 0) is 56.3 Å². The van der Waals surface area contributed by atoms with E-state index < -0.39 is 11.5 Å². The molecule has 8 heteroatoms. The average molecular weight is 487 g/mol. The summed E-state index contributed by atoms with van der Waals surface area (Å²) in [4.78, 5) is 31.8. The number of H-pyrrole nitrogens is 1. The second-order valence-corrected chi connectivity index (χ2v) is 9.73. The molecule has 0 saturated heterocycles. The highest BCUT2D eigenvalue weighted by molar-refractivity contribution is 6.35. The number of carbonyl (C=O) groups excluding carboxylic acids is 2. The van der Waals surface area contributed by atoms with Gasteiger partial charge >= 0.3 is 0 Å². The molecule has 4 rings (SSSR count). The summed E-state index contributed by atoms with van der Waals surface area (Å²) in [6.07, 6.45) is 3.65. The Balaban J connectivity index is 1.56. The molecule has 1 heterocycles. The molecular formula is C25H28Cl2N4O2. The quantitative estimate of drug-likeness (QED) is 0.429.